The Morgan fingerprint density at radius 2 is 2.06 bits per heavy atom. The number of hydrogen-bond donors (Lipinski definition) is 1. The van der Waals surface area contributed by atoms with E-state index in [0.717, 1.165) is 18.2 Å². The molecule has 0 radical (unpaired) electrons. The lowest BCUT2D eigenvalue weighted by Gasteiger charge is -2.19. The Balaban J connectivity index is 1.70. The molecular weight excluding hydrogens is 459 g/mol. The molecule has 1 aromatic heterocycles. The lowest BCUT2D eigenvalue weighted by atomic mass is 10.1. The zero-order chi connectivity index (χ0) is 22.4. The maximum Gasteiger partial charge on any atom is 0.419 e. The van der Waals surface area contributed by atoms with Gasteiger partial charge in [-0.3, -0.25) is 4.72 Å². The summed E-state index contributed by atoms with van der Waals surface area (Å²) in [4.78, 5) is 1.65. The van der Waals surface area contributed by atoms with E-state index < -0.39 is 33.6 Å². The number of anilines is 1. The highest BCUT2D eigenvalue weighted by Gasteiger charge is 2.36. The summed E-state index contributed by atoms with van der Waals surface area (Å²) in [5, 5.41) is 3.63. The Bertz CT molecular complexity index is 1230. The Morgan fingerprint density at radius 1 is 1.29 bits per heavy atom. The van der Waals surface area contributed by atoms with Gasteiger partial charge in [-0.25, -0.2) is 8.42 Å². The number of fused-ring (bicyclic) bond motifs is 1. The molecule has 0 spiro atoms. The number of aromatic nitrogens is 1. The van der Waals surface area contributed by atoms with Crippen molar-refractivity contribution in [3.05, 3.63) is 47.1 Å². The zero-order valence-electron chi connectivity index (χ0n) is 16.1. The molecule has 2 aromatic carbocycles. The lowest BCUT2D eigenvalue weighted by molar-refractivity contribution is -0.139. The van der Waals surface area contributed by atoms with Crippen molar-refractivity contribution in [2.24, 2.45) is 0 Å². The molecule has 7 nitrogen and oxygen atoms in total. The van der Waals surface area contributed by atoms with Gasteiger partial charge in [0.1, 0.15) is 16.7 Å². The summed E-state index contributed by atoms with van der Waals surface area (Å²) in [5.41, 5.74) is -0.880. The largest absolute Gasteiger partial charge is 0.488 e. The van der Waals surface area contributed by atoms with E-state index in [9.17, 15) is 21.6 Å². The van der Waals surface area contributed by atoms with Crippen LogP contribution in [0.4, 0.5) is 18.9 Å². The van der Waals surface area contributed by atoms with Crippen molar-refractivity contribution < 1.29 is 30.8 Å². The average Bonchev–Trinajstić information content (AvgIpc) is 3.28. The van der Waals surface area contributed by atoms with Crippen molar-refractivity contribution in [3.63, 3.8) is 0 Å². The first-order valence-electron chi connectivity index (χ1n) is 9.17. The van der Waals surface area contributed by atoms with Gasteiger partial charge in [-0.1, -0.05) is 16.8 Å². The Labute approximate surface area is 180 Å². The van der Waals surface area contributed by atoms with Gasteiger partial charge in [-0.2, -0.15) is 13.2 Å². The topological polar surface area (TPSA) is 84.7 Å². The van der Waals surface area contributed by atoms with E-state index in [2.05, 4.69) is 9.88 Å². The van der Waals surface area contributed by atoms with Gasteiger partial charge in [0.25, 0.3) is 10.0 Å². The van der Waals surface area contributed by atoms with Crippen LogP contribution in [-0.4, -0.2) is 44.7 Å². The highest BCUT2D eigenvalue weighted by atomic mass is 35.5. The van der Waals surface area contributed by atoms with Crippen LogP contribution in [0.15, 0.2) is 45.9 Å². The van der Waals surface area contributed by atoms with Crippen molar-refractivity contribution in [1.29, 1.82) is 0 Å². The molecule has 1 saturated heterocycles. The minimum Gasteiger partial charge on any atom is -0.488 e. The van der Waals surface area contributed by atoms with Crippen LogP contribution in [0.5, 0.6) is 5.75 Å². The molecule has 166 valence electrons. The standard InChI is InChI=1S/C19H17ClF3N3O4S/c1-26-7-6-12(10-26)29-17-8-11(2-3-14(17)19(21,22)23)25-31(27,28)18-13-9-24-30-16(13)5-4-15(18)20/h2-5,8-9,12,25H,6-7,10H2,1H3/t12-/m1/s1. The summed E-state index contributed by atoms with van der Waals surface area (Å²) in [6, 6.07) is 5.64. The van der Waals surface area contributed by atoms with E-state index in [1.54, 1.807) is 0 Å². The van der Waals surface area contributed by atoms with Crippen molar-refractivity contribution in [1.82, 2.24) is 10.1 Å². The maximum absolute atomic E-state index is 13.5. The van der Waals surface area contributed by atoms with Gasteiger partial charge < -0.3 is 14.2 Å². The number of nitrogens with one attached hydrogen (secondary N) is 1. The van der Waals surface area contributed by atoms with Gasteiger partial charge in [0.2, 0.25) is 0 Å². The molecule has 0 bridgehead atoms. The van der Waals surface area contributed by atoms with Crippen LogP contribution >= 0.6 is 11.6 Å². The summed E-state index contributed by atoms with van der Waals surface area (Å²) in [6.07, 6.45) is -3.32. The fourth-order valence-corrected chi connectivity index (χ4v) is 5.24. The molecule has 0 amide bonds. The van der Waals surface area contributed by atoms with Gasteiger partial charge in [0.05, 0.1) is 27.9 Å². The molecule has 2 heterocycles. The normalized spacial score (nSPS) is 17.9. The second kappa shape index (κ2) is 7.88. The van der Waals surface area contributed by atoms with Crippen LogP contribution < -0.4 is 9.46 Å². The molecule has 1 atom stereocenters. The van der Waals surface area contributed by atoms with Crippen molar-refractivity contribution in [2.75, 3.05) is 24.9 Å². The molecule has 1 aliphatic rings. The van der Waals surface area contributed by atoms with Crippen LogP contribution in [0.2, 0.25) is 5.02 Å². The van der Waals surface area contributed by atoms with E-state index in [1.165, 1.54) is 18.3 Å². The summed E-state index contributed by atoms with van der Waals surface area (Å²) in [5.74, 6) is -0.442. The minimum atomic E-state index is -4.66. The molecule has 4 rings (SSSR count). The summed E-state index contributed by atoms with van der Waals surface area (Å²) in [6.45, 7) is 1.16. The first kappa shape index (κ1) is 21.7. The maximum atomic E-state index is 13.5. The molecule has 0 unspecified atom stereocenters. The monoisotopic (exact) mass is 475 g/mol. The third-order valence-electron chi connectivity index (χ3n) is 4.89. The second-order valence-corrected chi connectivity index (χ2v) is 9.25. The van der Waals surface area contributed by atoms with Gasteiger partial charge in [0, 0.05) is 19.2 Å². The second-order valence-electron chi connectivity index (χ2n) is 7.22. The highest BCUT2D eigenvalue weighted by Crippen LogP contribution is 2.39. The number of sulfonamides is 1. The molecule has 3 aromatic rings. The number of hydrogen-bond acceptors (Lipinski definition) is 6. The summed E-state index contributed by atoms with van der Waals surface area (Å²) in [7, 11) is -2.43. The summed E-state index contributed by atoms with van der Waals surface area (Å²) >= 11 is 6.09. The van der Waals surface area contributed by atoms with E-state index in [-0.39, 0.29) is 26.6 Å². The van der Waals surface area contributed by atoms with Gasteiger partial charge in [-0.15, -0.1) is 0 Å². The van der Waals surface area contributed by atoms with E-state index in [4.69, 9.17) is 20.9 Å². The third-order valence-corrected chi connectivity index (χ3v) is 6.80. The van der Waals surface area contributed by atoms with Crippen molar-refractivity contribution in [2.45, 2.75) is 23.6 Å². The van der Waals surface area contributed by atoms with E-state index in [0.29, 0.717) is 19.5 Å². The predicted molar refractivity (Wildman–Crippen MR) is 108 cm³/mol. The van der Waals surface area contributed by atoms with Crippen LogP contribution in [0.25, 0.3) is 11.0 Å². The number of benzene rings is 2. The van der Waals surface area contributed by atoms with Gasteiger partial charge in [0.15, 0.2) is 5.58 Å². The van der Waals surface area contributed by atoms with Gasteiger partial charge >= 0.3 is 6.18 Å². The number of rotatable bonds is 5. The zero-order valence-corrected chi connectivity index (χ0v) is 17.7. The molecule has 1 aliphatic heterocycles. The fraction of sp³-hybridized carbons (Fsp3) is 0.316. The number of ether oxygens (including phenoxy) is 1. The SMILES string of the molecule is CN1CC[C@@H](Oc2cc(NS(=O)(=O)c3c(Cl)ccc4oncc34)ccc2C(F)(F)F)C1. The molecule has 0 saturated carbocycles. The van der Waals surface area contributed by atoms with Crippen molar-refractivity contribution >= 4 is 38.3 Å². The van der Waals surface area contributed by atoms with E-state index in [1.807, 2.05) is 11.9 Å². The molecule has 31 heavy (non-hydrogen) atoms. The predicted octanol–water partition coefficient (Wildman–Crippen LogP) is 4.38. The lowest BCUT2D eigenvalue weighted by Crippen LogP contribution is -2.23. The number of likely N-dealkylation sites (tertiary alicyclic amines) is 1. The number of alkyl halides is 3. The van der Waals surface area contributed by atoms with Gasteiger partial charge in [-0.05, 0) is 37.7 Å². The molecule has 12 heteroatoms. The number of halogens is 4. The Kier molecular flexibility index (Phi) is 5.52. The number of nitrogens with zero attached hydrogens (tertiary/aromatic N) is 2. The first-order valence-corrected chi connectivity index (χ1v) is 11.0. The third kappa shape index (κ3) is 4.43. The average molecular weight is 476 g/mol. The summed E-state index contributed by atoms with van der Waals surface area (Å²) < 4.78 is 79.2. The van der Waals surface area contributed by atoms with Crippen LogP contribution in [-0.2, 0) is 16.2 Å². The minimum absolute atomic E-state index is 0.0828. The smallest absolute Gasteiger partial charge is 0.419 e. The van der Waals surface area contributed by atoms with Crippen LogP contribution in [0.1, 0.15) is 12.0 Å². The number of likely N-dealkylation sites (N-methyl/N-ethyl adjacent to an activating group) is 1. The van der Waals surface area contributed by atoms with E-state index >= 15 is 0 Å². The molecule has 0 aliphatic carbocycles. The Morgan fingerprint density at radius 3 is 2.74 bits per heavy atom. The highest BCUT2D eigenvalue weighted by molar-refractivity contribution is 7.93. The van der Waals surface area contributed by atoms with Crippen LogP contribution in [0, 0.1) is 0 Å². The first-order chi connectivity index (χ1) is 14.5. The molecular formula is C19H17ClF3N3O4S. The molecule has 1 fully saturated rings. The van der Waals surface area contributed by atoms with Crippen LogP contribution in [0.3, 0.4) is 0 Å². The van der Waals surface area contributed by atoms with Crippen molar-refractivity contribution in [3.8, 4) is 5.75 Å². The Hall–Kier alpha value is -2.50. The molecule has 1 N–H and O–H groups in total. The quantitative estimate of drug-likeness (QED) is 0.589. The fourth-order valence-electron chi connectivity index (χ4n) is 3.46.